The molecule has 8 aliphatic rings. The number of ketones is 2. The molecule has 3 aromatic carbocycles. The van der Waals surface area contributed by atoms with Crippen LogP contribution in [0.4, 0.5) is 18.0 Å². The second-order valence-electron chi connectivity index (χ2n) is 24.9. The number of halogens is 3. The molecule has 1 saturated heterocycles. The topological polar surface area (TPSA) is 225 Å². The van der Waals surface area contributed by atoms with E-state index in [1.807, 2.05) is 48.5 Å². The van der Waals surface area contributed by atoms with Gasteiger partial charge in [0.15, 0.2) is 29.1 Å². The van der Waals surface area contributed by atoms with Crippen molar-refractivity contribution in [2.24, 2.45) is 28.1 Å². The van der Waals surface area contributed by atoms with E-state index < -0.39 is 125 Å². The van der Waals surface area contributed by atoms with Gasteiger partial charge in [0.2, 0.25) is 11.8 Å². The molecule has 0 aromatic heterocycles. The molecule has 6 fully saturated rings. The van der Waals surface area contributed by atoms with Gasteiger partial charge in [-0.15, -0.1) is 0 Å². The maximum absolute atomic E-state index is 17.8. The maximum Gasteiger partial charge on any atom is 0.407 e. The molecular weight excluding hydrogens is 1040 g/mol. The molecule has 0 unspecified atom stereocenters. The van der Waals surface area contributed by atoms with Gasteiger partial charge in [0.05, 0.1) is 18.3 Å². The fourth-order valence-corrected chi connectivity index (χ4v) is 15.4. The number of aliphatic hydroxyl groups excluding tert-OH is 2. The number of alkyl carbamates (subject to hydrolysis) is 1. The van der Waals surface area contributed by atoms with Crippen molar-refractivity contribution >= 4 is 35.4 Å². The van der Waals surface area contributed by atoms with Crippen LogP contribution in [-0.2, 0) is 42.9 Å². The van der Waals surface area contributed by atoms with Crippen LogP contribution in [0.2, 0.25) is 0 Å². The molecule has 5 N–H and O–H groups in total. The SMILES string of the molecule is CC(C)(C)OC(=O)CC[C@H](NC(=O)CNC(=O)OCC1c2ccccc2-c2ccccc21)C(=O)NC1CC2(C1)CC(Oc1ccc([C@@H]3O[C@@H]4C[C@H]5[C@@H]6C[C@H](F)C7=CC(=O)C=C[C@]7(C)[C@@]6(F)[C@@H](O)C[C@]5(C)[C@]4(C(=O)CO)O3)c(F)c1)C2. The molecule has 7 aliphatic carbocycles. The molecule has 80 heavy (non-hydrogen) atoms. The first-order chi connectivity index (χ1) is 37.9. The molecule has 19 heteroatoms. The lowest BCUT2D eigenvalue weighted by Crippen LogP contribution is -2.70. The van der Waals surface area contributed by atoms with E-state index >= 15 is 13.2 Å². The van der Waals surface area contributed by atoms with Gasteiger partial charge >= 0.3 is 12.1 Å². The summed E-state index contributed by atoms with van der Waals surface area (Å²) in [7, 11) is 0. The van der Waals surface area contributed by atoms with Crippen LogP contribution in [0, 0.1) is 33.9 Å². The lowest BCUT2D eigenvalue weighted by Gasteiger charge is -2.63. The number of Topliss-reactive ketones (excluding diaryl/α,β-unsaturated/α-hetero) is 1. The number of nitrogens with one attached hydrogen (secondary N) is 3. The van der Waals surface area contributed by atoms with Gasteiger partial charge in [0.1, 0.15) is 49.1 Å². The molecule has 11 rings (SSSR count). The predicted octanol–water partition coefficient (Wildman–Crippen LogP) is 7.42. The van der Waals surface area contributed by atoms with E-state index in [0.29, 0.717) is 25.7 Å². The first-order valence-electron chi connectivity index (χ1n) is 27.7. The zero-order chi connectivity index (χ0) is 56.9. The Morgan fingerprint density at radius 1 is 0.900 bits per heavy atom. The smallest absolute Gasteiger partial charge is 0.407 e. The molecule has 0 bridgehead atoms. The Labute approximate surface area is 461 Å². The molecule has 3 amide bonds. The highest BCUT2D eigenvalue weighted by Crippen LogP contribution is 2.73. The molecule has 1 heterocycles. The minimum Gasteiger partial charge on any atom is -0.490 e. The van der Waals surface area contributed by atoms with Crippen LogP contribution in [0.5, 0.6) is 5.75 Å². The molecule has 1 aliphatic heterocycles. The zero-order valence-corrected chi connectivity index (χ0v) is 45.4. The lowest BCUT2D eigenvalue weighted by molar-refractivity contribution is -0.235. The largest absolute Gasteiger partial charge is 0.490 e. The number of fused-ring (bicyclic) bond motifs is 10. The predicted molar refractivity (Wildman–Crippen MR) is 281 cm³/mol. The van der Waals surface area contributed by atoms with E-state index in [-0.39, 0.29) is 79.1 Å². The quantitative estimate of drug-likeness (QED) is 0.0936. The van der Waals surface area contributed by atoms with E-state index in [9.17, 15) is 39.0 Å². The average molecular weight is 1110 g/mol. The highest BCUT2D eigenvalue weighted by Gasteiger charge is 2.80. The van der Waals surface area contributed by atoms with Crippen molar-refractivity contribution in [2.75, 3.05) is 19.8 Å². The normalized spacial score (nSPS) is 34.6. The van der Waals surface area contributed by atoms with Crippen molar-refractivity contribution < 1.29 is 75.8 Å². The zero-order valence-electron chi connectivity index (χ0n) is 45.4. The number of carbonyl (C=O) groups excluding carboxylic acids is 6. The molecular formula is C61H68F3N3O13. The molecule has 5 saturated carbocycles. The van der Waals surface area contributed by atoms with E-state index in [2.05, 4.69) is 16.0 Å². The monoisotopic (exact) mass is 1110 g/mol. The first-order valence-corrected chi connectivity index (χ1v) is 27.7. The maximum atomic E-state index is 17.8. The summed E-state index contributed by atoms with van der Waals surface area (Å²) < 4.78 is 80.1. The Morgan fingerprint density at radius 3 is 2.25 bits per heavy atom. The number of amides is 3. The fourth-order valence-electron chi connectivity index (χ4n) is 15.4. The summed E-state index contributed by atoms with van der Waals surface area (Å²) in [5.41, 5.74) is -4.17. The Hall–Kier alpha value is -6.41. The summed E-state index contributed by atoms with van der Waals surface area (Å²) in [5.74, 6) is -5.56. The number of hydrogen-bond donors (Lipinski definition) is 5. The van der Waals surface area contributed by atoms with Crippen LogP contribution in [0.25, 0.3) is 11.1 Å². The van der Waals surface area contributed by atoms with Gasteiger partial charge in [0.25, 0.3) is 0 Å². The van der Waals surface area contributed by atoms with E-state index in [0.717, 1.165) is 28.3 Å². The summed E-state index contributed by atoms with van der Waals surface area (Å²) in [6.07, 6.45) is -1.88. The number of benzene rings is 3. The molecule has 0 radical (unpaired) electrons. The number of ether oxygens (including phenoxy) is 5. The number of carbonyl (C=O) groups is 6. The lowest BCUT2D eigenvalue weighted by atomic mass is 9.44. The standard InChI is InChI=1S/C61H68F3N3O13/c1-56(2,3)79-52(73)17-16-47(67-51(72)29-65-55(75)76-31-41-38-12-8-6-10-36(38)37-11-7-9-13-39(37)41)53(74)66-32-24-59(25-32)26-35(27-59)77-34-14-15-40(45(62)21-34)54-78-50-23-42-43-22-46(63)44-20-33(69)18-19-57(44,4)60(43,64)48(70)28-58(42,5)61(50,80-54)49(71)30-68/h6-15,18-21,32,35,41-43,46-48,50,54,68,70H,16-17,22-31H2,1-5H3,(H,65,75)(H,66,74)(H,67,72)/t32?,35?,42-,43-,46-,47-,48-,50+,54+,57-,58-,59?,60-,61+/m0/s1. The third kappa shape index (κ3) is 9.23. The number of allylic oxidation sites excluding steroid dienone is 4. The van der Waals surface area contributed by atoms with E-state index in [1.165, 1.54) is 31.2 Å². The summed E-state index contributed by atoms with van der Waals surface area (Å²) in [4.78, 5) is 78.8. The van der Waals surface area contributed by atoms with Crippen LogP contribution in [0.3, 0.4) is 0 Å². The number of rotatable bonds is 15. The Kier molecular flexibility index (Phi) is 14.0. The number of alkyl halides is 2. The Bertz CT molecular complexity index is 3050. The van der Waals surface area contributed by atoms with Gasteiger partial charge < -0.3 is 49.8 Å². The highest BCUT2D eigenvalue weighted by molar-refractivity contribution is 6.01. The Balaban J connectivity index is 0.675. The van der Waals surface area contributed by atoms with Crippen molar-refractivity contribution in [3.8, 4) is 16.9 Å². The highest BCUT2D eigenvalue weighted by atomic mass is 19.1. The average Bonchev–Trinajstić information content (AvgIpc) is 3.79. The van der Waals surface area contributed by atoms with Crippen molar-refractivity contribution in [2.45, 2.75) is 158 Å². The van der Waals surface area contributed by atoms with Crippen molar-refractivity contribution in [1.29, 1.82) is 0 Å². The second kappa shape index (κ2) is 20.2. The van der Waals surface area contributed by atoms with Gasteiger partial charge in [-0.25, -0.2) is 18.0 Å². The van der Waals surface area contributed by atoms with E-state index in [1.54, 1.807) is 33.8 Å². The van der Waals surface area contributed by atoms with Crippen molar-refractivity contribution in [1.82, 2.24) is 16.0 Å². The fraction of sp³-hybridized carbons (Fsp3) is 0.541. The van der Waals surface area contributed by atoms with Gasteiger partial charge in [-0.1, -0.05) is 61.5 Å². The summed E-state index contributed by atoms with van der Waals surface area (Å²) in [6.45, 7) is 6.90. The van der Waals surface area contributed by atoms with Crippen LogP contribution in [0.15, 0.2) is 90.5 Å². The van der Waals surface area contributed by atoms with Gasteiger partial charge in [0, 0.05) is 46.8 Å². The van der Waals surface area contributed by atoms with Crippen LogP contribution < -0.4 is 20.7 Å². The van der Waals surface area contributed by atoms with Gasteiger partial charge in [-0.2, -0.15) is 0 Å². The Morgan fingerprint density at radius 2 is 1.59 bits per heavy atom. The second-order valence-corrected chi connectivity index (χ2v) is 24.9. The number of aliphatic hydroxyl groups is 2. The minimum absolute atomic E-state index is 0.000447. The number of esters is 1. The molecule has 1 spiro atoms. The van der Waals surface area contributed by atoms with Crippen molar-refractivity contribution in [3.05, 3.63) is 113 Å². The molecule has 426 valence electrons. The summed E-state index contributed by atoms with van der Waals surface area (Å²) in [5, 5.41) is 30.3. The van der Waals surface area contributed by atoms with Crippen LogP contribution in [-0.4, -0.2) is 119 Å². The number of hydrogen-bond acceptors (Lipinski definition) is 13. The minimum atomic E-state index is -2.42. The van der Waals surface area contributed by atoms with Crippen molar-refractivity contribution in [3.63, 3.8) is 0 Å². The van der Waals surface area contributed by atoms with Crippen LogP contribution in [0.1, 0.15) is 121 Å². The third-order valence-electron chi connectivity index (χ3n) is 18.9. The van der Waals surface area contributed by atoms with Crippen LogP contribution >= 0.6 is 0 Å². The van der Waals surface area contributed by atoms with E-state index in [4.69, 9.17) is 23.7 Å². The van der Waals surface area contributed by atoms with Gasteiger partial charge in [-0.05, 0) is 143 Å². The molecule has 11 atom stereocenters. The molecule has 16 nitrogen and oxygen atoms in total. The summed E-state index contributed by atoms with van der Waals surface area (Å²) in [6, 6.07) is 18.6. The molecule has 3 aromatic rings. The van der Waals surface area contributed by atoms with Gasteiger partial charge in [-0.3, -0.25) is 24.0 Å². The summed E-state index contributed by atoms with van der Waals surface area (Å²) >= 11 is 0. The third-order valence-corrected chi connectivity index (χ3v) is 18.9. The first kappa shape index (κ1) is 55.5.